The lowest BCUT2D eigenvalue weighted by atomic mass is 10.1. The third-order valence-electron chi connectivity index (χ3n) is 4.26. The second-order valence-electron chi connectivity index (χ2n) is 6.20. The maximum atomic E-state index is 11.4. The van der Waals surface area contributed by atoms with Crippen molar-refractivity contribution in [1.82, 2.24) is 20.9 Å². The summed E-state index contributed by atoms with van der Waals surface area (Å²) in [7, 11) is 0. The molecule has 0 unspecified atom stereocenters. The van der Waals surface area contributed by atoms with Gasteiger partial charge in [-0.15, -0.1) is 0 Å². The summed E-state index contributed by atoms with van der Waals surface area (Å²) in [6, 6.07) is 7.31. The molecular weight excluding hydrogens is 304 g/mol. The van der Waals surface area contributed by atoms with E-state index in [0.717, 1.165) is 70.8 Å². The molecule has 0 bridgehead atoms. The fourth-order valence-electron chi connectivity index (χ4n) is 2.93. The van der Waals surface area contributed by atoms with Crippen molar-refractivity contribution in [2.75, 3.05) is 52.4 Å². The van der Waals surface area contributed by atoms with Crippen LogP contribution in [0.4, 0.5) is 0 Å². The van der Waals surface area contributed by atoms with E-state index in [2.05, 4.69) is 20.9 Å². The van der Waals surface area contributed by atoms with Crippen molar-refractivity contribution < 1.29 is 9.90 Å². The average Bonchev–Trinajstić information content (AvgIpc) is 2.58. The molecule has 0 aromatic heterocycles. The number of hydrogen-bond acceptors (Lipinski definition) is 5. The van der Waals surface area contributed by atoms with Crippen LogP contribution in [0.3, 0.4) is 0 Å². The molecule has 0 radical (unpaired) electrons. The van der Waals surface area contributed by atoms with E-state index in [0.29, 0.717) is 12.1 Å². The molecule has 24 heavy (non-hydrogen) atoms. The highest BCUT2D eigenvalue weighted by Crippen LogP contribution is 2.12. The van der Waals surface area contributed by atoms with Crippen molar-refractivity contribution in [3.63, 3.8) is 0 Å². The molecule has 0 spiro atoms. The largest absolute Gasteiger partial charge is 0.478 e. The Bertz CT molecular complexity index is 482. The van der Waals surface area contributed by atoms with E-state index >= 15 is 0 Å². The minimum Gasteiger partial charge on any atom is -0.478 e. The van der Waals surface area contributed by atoms with E-state index in [1.807, 2.05) is 12.1 Å². The number of carboxylic acids is 1. The fraction of sp³-hybridized carbons (Fsp3) is 0.611. The standard InChI is InChI=1S/C18H30N4O2/c23-18(24)17-6-2-1-5-16(17)15-22-13-4-9-20-11-10-19-7-3-8-21-12-14-22/h1-2,5-6,19-21H,3-4,7-15H2,(H,23,24). The Labute approximate surface area is 144 Å². The molecule has 0 aliphatic carbocycles. The van der Waals surface area contributed by atoms with Crippen molar-refractivity contribution in [3.8, 4) is 0 Å². The molecule has 1 heterocycles. The quantitative estimate of drug-likeness (QED) is 0.654. The number of benzene rings is 1. The van der Waals surface area contributed by atoms with Crippen LogP contribution in [-0.2, 0) is 6.54 Å². The predicted octanol–water partition coefficient (Wildman–Crippen LogP) is 0.749. The molecule has 1 aliphatic heterocycles. The van der Waals surface area contributed by atoms with Gasteiger partial charge in [-0.3, -0.25) is 4.90 Å². The number of nitrogens with zero attached hydrogens (tertiary/aromatic N) is 1. The Hall–Kier alpha value is -1.47. The molecule has 0 amide bonds. The molecule has 1 aliphatic rings. The van der Waals surface area contributed by atoms with Crippen molar-refractivity contribution >= 4 is 5.97 Å². The first-order chi connectivity index (χ1) is 11.8. The third kappa shape index (κ3) is 6.97. The van der Waals surface area contributed by atoms with E-state index in [4.69, 9.17) is 0 Å². The van der Waals surface area contributed by atoms with Crippen molar-refractivity contribution in [2.45, 2.75) is 19.4 Å². The second kappa shape index (κ2) is 11.1. The second-order valence-corrected chi connectivity index (χ2v) is 6.20. The molecule has 6 heteroatoms. The molecule has 6 nitrogen and oxygen atoms in total. The Kier molecular flexibility index (Phi) is 8.76. The molecule has 0 saturated carbocycles. The zero-order chi connectivity index (χ0) is 17.0. The first kappa shape index (κ1) is 18.9. The van der Waals surface area contributed by atoms with Crippen LogP contribution in [-0.4, -0.2) is 68.3 Å². The molecular formula is C18H30N4O2. The fourth-order valence-corrected chi connectivity index (χ4v) is 2.93. The molecule has 4 N–H and O–H groups in total. The number of carboxylic acid groups (broad SMARTS) is 1. The van der Waals surface area contributed by atoms with E-state index in [9.17, 15) is 9.90 Å². The van der Waals surface area contributed by atoms with E-state index < -0.39 is 5.97 Å². The van der Waals surface area contributed by atoms with Gasteiger partial charge in [0.15, 0.2) is 0 Å². The van der Waals surface area contributed by atoms with Gasteiger partial charge in [0, 0.05) is 32.7 Å². The van der Waals surface area contributed by atoms with Gasteiger partial charge in [0.1, 0.15) is 0 Å². The van der Waals surface area contributed by atoms with Gasteiger partial charge >= 0.3 is 5.97 Å². The predicted molar refractivity (Wildman–Crippen MR) is 96.5 cm³/mol. The summed E-state index contributed by atoms with van der Waals surface area (Å²) in [6.07, 6.45) is 2.19. The smallest absolute Gasteiger partial charge is 0.336 e. The summed E-state index contributed by atoms with van der Waals surface area (Å²) in [6.45, 7) is 8.58. The van der Waals surface area contributed by atoms with Gasteiger partial charge in [-0.25, -0.2) is 4.79 Å². The lowest BCUT2D eigenvalue weighted by molar-refractivity contribution is 0.0694. The van der Waals surface area contributed by atoms with Crippen LogP contribution in [0, 0.1) is 0 Å². The Morgan fingerprint density at radius 3 is 2.33 bits per heavy atom. The van der Waals surface area contributed by atoms with Crippen LogP contribution in [0.5, 0.6) is 0 Å². The van der Waals surface area contributed by atoms with Gasteiger partial charge in [0.05, 0.1) is 5.56 Å². The highest BCUT2D eigenvalue weighted by Gasteiger charge is 2.13. The van der Waals surface area contributed by atoms with E-state index in [1.54, 1.807) is 12.1 Å². The van der Waals surface area contributed by atoms with Crippen molar-refractivity contribution in [1.29, 1.82) is 0 Å². The summed E-state index contributed by atoms with van der Waals surface area (Å²) in [4.78, 5) is 13.7. The monoisotopic (exact) mass is 334 g/mol. The molecule has 134 valence electrons. The summed E-state index contributed by atoms with van der Waals surface area (Å²) in [5.41, 5.74) is 1.30. The molecule has 1 aromatic carbocycles. The lowest BCUT2D eigenvalue weighted by Crippen LogP contribution is -2.36. The topological polar surface area (TPSA) is 76.6 Å². The highest BCUT2D eigenvalue weighted by molar-refractivity contribution is 5.89. The zero-order valence-corrected chi connectivity index (χ0v) is 14.4. The highest BCUT2D eigenvalue weighted by atomic mass is 16.4. The van der Waals surface area contributed by atoms with E-state index in [1.165, 1.54) is 0 Å². The minimum atomic E-state index is -0.847. The van der Waals surface area contributed by atoms with Crippen LogP contribution in [0.25, 0.3) is 0 Å². The molecule has 1 fully saturated rings. The van der Waals surface area contributed by atoms with Crippen LogP contribution in [0.15, 0.2) is 24.3 Å². The average molecular weight is 334 g/mol. The number of hydrogen-bond donors (Lipinski definition) is 4. The van der Waals surface area contributed by atoms with Gasteiger partial charge in [0.2, 0.25) is 0 Å². The first-order valence-corrected chi connectivity index (χ1v) is 8.93. The Morgan fingerprint density at radius 2 is 1.58 bits per heavy atom. The lowest BCUT2D eigenvalue weighted by Gasteiger charge is -2.24. The summed E-state index contributed by atoms with van der Waals surface area (Å²) in [5, 5.41) is 19.7. The minimum absolute atomic E-state index is 0.411. The molecule has 1 aromatic rings. The molecule has 1 saturated heterocycles. The summed E-state index contributed by atoms with van der Waals surface area (Å²) in [5.74, 6) is -0.847. The number of rotatable bonds is 3. The molecule has 2 rings (SSSR count). The molecule has 0 atom stereocenters. The van der Waals surface area contributed by atoms with Gasteiger partial charge in [-0.05, 0) is 50.7 Å². The first-order valence-electron chi connectivity index (χ1n) is 8.93. The van der Waals surface area contributed by atoms with Crippen molar-refractivity contribution in [2.24, 2.45) is 0 Å². The van der Waals surface area contributed by atoms with Crippen LogP contribution < -0.4 is 16.0 Å². The number of nitrogens with one attached hydrogen (secondary N) is 3. The van der Waals surface area contributed by atoms with Crippen molar-refractivity contribution in [3.05, 3.63) is 35.4 Å². The number of aromatic carboxylic acids is 1. The maximum Gasteiger partial charge on any atom is 0.336 e. The normalized spacial score (nSPS) is 19.5. The summed E-state index contributed by atoms with van der Waals surface area (Å²) < 4.78 is 0. The van der Waals surface area contributed by atoms with Gasteiger partial charge in [0.25, 0.3) is 0 Å². The SMILES string of the molecule is O=C(O)c1ccccc1CN1CCCNCCNCCCNCC1. The zero-order valence-electron chi connectivity index (χ0n) is 14.4. The Morgan fingerprint density at radius 1 is 0.917 bits per heavy atom. The summed E-state index contributed by atoms with van der Waals surface area (Å²) >= 11 is 0. The van der Waals surface area contributed by atoms with E-state index in [-0.39, 0.29) is 0 Å². The van der Waals surface area contributed by atoms with Gasteiger partial charge in [-0.1, -0.05) is 18.2 Å². The van der Waals surface area contributed by atoms with Crippen LogP contribution in [0.1, 0.15) is 28.8 Å². The van der Waals surface area contributed by atoms with Gasteiger partial charge < -0.3 is 21.1 Å². The Balaban J connectivity index is 1.92. The van der Waals surface area contributed by atoms with Crippen LogP contribution in [0.2, 0.25) is 0 Å². The van der Waals surface area contributed by atoms with Crippen LogP contribution >= 0.6 is 0 Å². The van der Waals surface area contributed by atoms with Gasteiger partial charge in [-0.2, -0.15) is 0 Å². The number of carbonyl (C=O) groups is 1. The maximum absolute atomic E-state index is 11.4. The third-order valence-corrected chi connectivity index (χ3v) is 4.26.